The molecule has 0 unspecified atom stereocenters. The number of nitrogens with two attached hydrogens (primary N) is 3. The number of hydrogen-bond acceptors (Lipinski definition) is 15. The van der Waals surface area contributed by atoms with E-state index in [9.17, 15) is 71.9 Å². The number of pyridine rings is 6. The minimum atomic E-state index is -4.62. The molecule has 31 heteroatoms. The van der Waals surface area contributed by atoms with Gasteiger partial charge in [-0.25, -0.2) is 9.98 Å². The van der Waals surface area contributed by atoms with Gasteiger partial charge in [-0.3, -0.25) is 54.4 Å². The molecule has 19 nitrogen and oxygen atoms in total. The second-order valence-corrected chi connectivity index (χ2v) is 35.7. The Morgan fingerprint density at radius 1 is 0.433 bits per heavy atom. The van der Waals surface area contributed by atoms with Crippen molar-refractivity contribution < 1.29 is 76.6 Å². The van der Waals surface area contributed by atoms with Crippen molar-refractivity contribution in [1.29, 1.82) is 5.41 Å². The maximum Gasteiger partial charge on any atom is 0.419 e. The van der Waals surface area contributed by atoms with Crippen LogP contribution < -0.4 is 21.9 Å². The number of aliphatic imine (C=N–C) groups is 1. The summed E-state index contributed by atoms with van der Waals surface area (Å²) >= 11 is 0. The van der Waals surface area contributed by atoms with E-state index in [0.29, 0.717) is 73.3 Å². The number of aromatic amines is 1. The van der Waals surface area contributed by atoms with E-state index in [1.165, 1.54) is 30.3 Å². The fourth-order valence-corrected chi connectivity index (χ4v) is 16.7. The number of nitrogens with zero attached hydrogens (tertiary/aromatic N) is 9. The van der Waals surface area contributed by atoms with Gasteiger partial charge in [0.15, 0.2) is 29.1 Å². The topological polar surface area (TPSA) is 291 Å². The summed E-state index contributed by atoms with van der Waals surface area (Å²) in [6.07, 6.45) is -0.320. The third-order valence-electron chi connectivity index (χ3n) is 24.8. The Bertz CT molecular complexity index is 8080. The van der Waals surface area contributed by atoms with Crippen molar-refractivity contribution in [3.63, 3.8) is 0 Å². The van der Waals surface area contributed by atoms with Gasteiger partial charge < -0.3 is 31.8 Å². The van der Waals surface area contributed by atoms with Crippen LogP contribution in [0.15, 0.2) is 273 Å². The molecule has 0 spiro atoms. The normalized spacial score (nSPS) is 11.9. The van der Waals surface area contributed by atoms with Crippen LogP contribution in [0.4, 0.5) is 58.4 Å². The fourth-order valence-electron chi connectivity index (χ4n) is 16.7. The molecule has 1 aliphatic heterocycles. The van der Waals surface area contributed by atoms with Crippen LogP contribution in [0.1, 0.15) is 197 Å². The zero-order valence-electron chi connectivity index (χ0n) is 82.3. The number of fused-ring (bicyclic) bond motifs is 4. The maximum atomic E-state index is 13.9. The summed E-state index contributed by atoms with van der Waals surface area (Å²) in [5.41, 5.74) is 26.6. The van der Waals surface area contributed by atoms with E-state index in [1.807, 2.05) is 113 Å². The lowest BCUT2D eigenvalue weighted by Crippen LogP contribution is -2.25. The van der Waals surface area contributed by atoms with Gasteiger partial charge in [0.2, 0.25) is 0 Å². The van der Waals surface area contributed by atoms with E-state index in [1.54, 1.807) is 135 Å². The number of carbonyl (C=O) groups is 4. The van der Waals surface area contributed by atoms with Gasteiger partial charge in [-0.15, -0.1) is 0 Å². The summed E-state index contributed by atoms with van der Waals surface area (Å²) in [5, 5.41) is 12.6. The lowest BCUT2D eigenvalue weighted by atomic mass is 9.95. The third kappa shape index (κ3) is 29.2. The van der Waals surface area contributed by atoms with Crippen LogP contribution in [-0.2, 0) is 63.4 Å². The second-order valence-electron chi connectivity index (χ2n) is 35.7. The number of likely N-dealkylation sites (tertiary alicyclic amines) is 1. The summed E-state index contributed by atoms with van der Waals surface area (Å²) in [5.74, 6) is 22.9. The van der Waals surface area contributed by atoms with Gasteiger partial charge in [-0.2, -0.15) is 52.7 Å². The first-order valence-corrected chi connectivity index (χ1v) is 47.7. The Morgan fingerprint density at radius 3 is 1.47 bits per heavy atom. The number of hydrogen-bond donors (Lipinski definition) is 5. The quantitative estimate of drug-likeness (QED) is 0.00938. The SMILES string of the molecule is CCN(CC)CCCOc1ccc(CC(=O)c2ccc(C)c(C#Cc3cncc4cccnc34)c2)cc1C(F)(F)F.Cc1ccc(C(=O)Cc2cc(C(F)(F)F)ccn2)cc1C#Cc1cncc2c(N=C(N)N)cccc12.Cc1ccc(C(=O)Cc2ccc(CC(=N)N)c(C(F)(F)F)c2)cc1C#Cc1cnc2[nH]ccc2c1.Cc1ccc(C(=O)Cc2ccc(CN3CCCC3)c(C(F)(F)F)c2)cc1C#Cc1cncc2ccccc12. The van der Waals surface area contributed by atoms with E-state index < -0.39 is 47.0 Å². The summed E-state index contributed by atoms with van der Waals surface area (Å²) in [7, 11) is 0. The molecule has 8 N–H and O–H groups in total. The maximum absolute atomic E-state index is 13.9. The van der Waals surface area contributed by atoms with Gasteiger partial charge in [0.05, 0.1) is 69.0 Å². The molecule has 7 aromatic heterocycles. The van der Waals surface area contributed by atoms with Crippen molar-refractivity contribution in [3.05, 3.63) is 413 Å². The van der Waals surface area contributed by atoms with Crippen molar-refractivity contribution in [3.8, 4) is 53.1 Å². The van der Waals surface area contributed by atoms with Crippen LogP contribution in [0, 0.1) is 80.5 Å². The van der Waals surface area contributed by atoms with E-state index >= 15 is 0 Å². The fraction of sp³-hybridized carbons (Fsp3) is 0.210. The number of benzene rings is 9. The van der Waals surface area contributed by atoms with E-state index in [0.717, 1.165) is 159 Å². The molecule has 0 saturated carbocycles. The first kappa shape index (κ1) is 108. The molecule has 0 bridgehead atoms. The van der Waals surface area contributed by atoms with Crippen LogP contribution in [0.25, 0.3) is 43.5 Å². The molecule has 17 rings (SSSR count). The number of aromatic nitrogens is 7. The Hall–Kier alpha value is -17.3. The van der Waals surface area contributed by atoms with Gasteiger partial charge in [-0.05, 0) is 214 Å². The second kappa shape index (κ2) is 48.8. The molecule has 0 atom stereocenters. The number of amidine groups is 1. The zero-order chi connectivity index (χ0) is 107. The summed E-state index contributed by atoms with van der Waals surface area (Å²) < 4.78 is 168. The predicted octanol–water partition coefficient (Wildman–Crippen LogP) is 23.8. The van der Waals surface area contributed by atoms with Crippen LogP contribution >= 0.6 is 0 Å². The van der Waals surface area contributed by atoms with Gasteiger partial charge in [0.25, 0.3) is 0 Å². The first-order chi connectivity index (χ1) is 71.7. The molecule has 1 saturated heterocycles. The average molecular weight is 2030 g/mol. The third-order valence-corrected chi connectivity index (χ3v) is 24.8. The molecular weight excluding hydrogens is 1930 g/mol. The number of Topliss-reactive ketones (excluding diaryl/α,β-unsaturated/α-hetero) is 4. The van der Waals surface area contributed by atoms with Gasteiger partial charge in [0, 0.05) is 189 Å². The first-order valence-electron chi connectivity index (χ1n) is 47.7. The van der Waals surface area contributed by atoms with E-state index in [4.69, 9.17) is 27.3 Å². The molecule has 150 heavy (non-hydrogen) atoms. The van der Waals surface area contributed by atoms with Crippen molar-refractivity contribution in [2.45, 2.75) is 124 Å². The highest BCUT2D eigenvalue weighted by molar-refractivity contribution is 6.02. The Balaban J connectivity index is 0.000000158. The number of carbonyl (C=O) groups excluding carboxylic acids is 4. The molecule has 9 aromatic carbocycles. The highest BCUT2D eigenvalue weighted by atomic mass is 19.4. The lowest BCUT2D eigenvalue weighted by Gasteiger charge is -2.19. The van der Waals surface area contributed by atoms with Gasteiger partial charge in [0.1, 0.15) is 11.4 Å². The van der Waals surface area contributed by atoms with Crippen molar-refractivity contribution >= 4 is 84.1 Å². The molecule has 8 heterocycles. The minimum absolute atomic E-state index is 0.0430. The summed E-state index contributed by atoms with van der Waals surface area (Å²) in [4.78, 5) is 88.6. The molecular formula is C119H100F12N14O5. The molecule has 760 valence electrons. The number of rotatable bonds is 24. The number of aryl methyl sites for hydroxylation is 4. The van der Waals surface area contributed by atoms with Crippen molar-refractivity contribution in [1.82, 2.24) is 44.7 Å². The lowest BCUT2D eigenvalue weighted by molar-refractivity contribution is -0.139. The largest absolute Gasteiger partial charge is 0.493 e. The molecule has 0 aliphatic carbocycles. The Morgan fingerprint density at radius 2 is 0.920 bits per heavy atom. The zero-order valence-corrected chi connectivity index (χ0v) is 82.3. The van der Waals surface area contributed by atoms with E-state index in [-0.39, 0.29) is 114 Å². The number of ether oxygens (including phenoxy) is 1. The molecule has 16 aromatic rings. The number of ketones is 4. The number of guanidine groups is 1. The van der Waals surface area contributed by atoms with Crippen LogP contribution in [0.3, 0.4) is 0 Å². The monoisotopic (exact) mass is 2030 g/mol. The highest BCUT2D eigenvalue weighted by Gasteiger charge is 2.38. The summed E-state index contributed by atoms with van der Waals surface area (Å²) in [6.45, 7) is 16.2. The molecule has 1 fully saturated rings. The molecule has 0 radical (unpaired) electrons. The van der Waals surface area contributed by atoms with Crippen molar-refractivity contribution in [2.24, 2.45) is 22.2 Å². The smallest absolute Gasteiger partial charge is 0.419 e. The Labute approximate surface area is 857 Å². The minimum Gasteiger partial charge on any atom is -0.493 e. The van der Waals surface area contributed by atoms with Crippen LogP contribution in [0.2, 0.25) is 0 Å². The number of H-pyrrole nitrogens is 1. The van der Waals surface area contributed by atoms with Crippen LogP contribution in [-0.4, -0.2) is 119 Å². The number of alkyl halides is 12. The number of nitrogens with one attached hydrogen (secondary N) is 2. The number of halogens is 12. The summed E-state index contributed by atoms with van der Waals surface area (Å²) in [6, 6.07) is 54.8. The van der Waals surface area contributed by atoms with Gasteiger partial charge >= 0.3 is 24.7 Å². The van der Waals surface area contributed by atoms with Crippen molar-refractivity contribution in [2.75, 3.05) is 39.3 Å². The predicted molar refractivity (Wildman–Crippen MR) is 557 cm³/mol. The average Bonchev–Trinajstić information content (AvgIpc) is 0.884. The molecule has 0 amide bonds. The van der Waals surface area contributed by atoms with Gasteiger partial charge in [-0.1, -0.05) is 176 Å². The molecule has 1 aliphatic rings. The Kier molecular flexibility index (Phi) is 35.3. The van der Waals surface area contributed by atoms with Crippen LogP contribution in [0.5, 0.6) is 5.75 Å². The standard InChI is InChI=1S/C33H32F3N3O2.C32H27F3N2O.C27H20F3N5O.C27H21F3N4O/c1-4-39(5-2)16-7-17-41-31-14-10-24(18-29(31)33(34,35)36)19-30(40)26-11-9-23(3)25(20-26)12-13-28-22-37-21-27-8-6-15-38-32(27)28;1-22-8-10-25(18-24(22)12-13-27-20-36-19-26-6-2-3-7-29(26)27)31(38)17-23-9-11-28(21-37-14-4-5-15-37)30(16-23)32(33,34)35;1-16-5-6-18(25(36)13-21-12-20(9-10-34-21)27(28,29)30)11-17(16)7-8-19-14-33-15-23-22(19)3-2-4-24(23)35-26(31)32;1-16-2-5-21(13-19(16)6-4-18-10-22-8-9-33-26(22)34-15-18)24(35)12-17-3-7-20(14-25(31)32)23(11-17)27(28,29)30/h6,8-11,14-15,18,20-22H,4-5,7,16-17,19H2,1-3H3;2-3,6-11,16,18-20H,4-5,14-15,17,21H2,1H3;2-6,9-12,14-15H,13H2,1H3,(H4,31,32,35);2-3,5,7-11,13,15H,12,14H2,1H3,(H3,31,32)(H,33,34). The highest BCUT2D eigenvalue weighted by Crippen LogP contribution is 2.40. The van der Waals surface area contributed by atoms with E-state index in [2.05, 4.69) is 92.1 Å².